The van der Waals surface area contributed by atoms with Gasteiger partial charge in [-0.1, -0.05) is 60.7 Å². The molecule has 0 bridgehead atoms. The highest BCUT2D eigenvalue weighted by atomic mass is 16.2. The van der Waals surface area contributed by atoms with E-state index in [2.05, 4.69) is 10.6 Å². The van der Waals surface area contributed by atoms with E-state index in [1.807, 2.05) is 60.7 Å². The van der Waals surface area contributed by atoms with Crippen molar-refractivity contribution >= 4 is 17.5 Å². The SMILES string of the molecule is NCc1ccc(CNC(=O)Cc2ccccc2NC(=O)c2ccccc2)cc1. The molecule has 2 amide bonds. The smallest absolute Gasteiger partial charge is 0.255 e. The summed E-state index contributed by atoms with van der Waals surface area (Å²) in [5, 5.41) is 5.80. The Kier molecular flexibility index (Phi) is 6.54. The highest BCUT2D eigenvalue weighted by Crippen LogP contribution is 2.17. The van der Waals surface area contributed by atoms with Crippen LogP contribution >= 0.6 is 0 Å². The molecular weight excluding hydrogens is 350 g/mol. The quantitative estimate of drug-likeness (QED) is 0.594. The molecule has 3 rings (SSSR count). The Morgan fingerprint density at radius 3 is 2.14 bits per heavy atom. The Hall–Kier alpha value is -3.44. The third kappa shape index (κ3) is 5.28. The Morgan fingerprint density at radius 2 is 1.43 bits per heavy atom. The van der Waals surface area contributed by atoms with Gasteiger partial charge in [0.2, 0.25) is 5.91 Å². The molecule has 0 unspecified atom stereocenters. The lowest BCUT2D eigenvalue weighted by Gasteiger charge is -2.12. The normalized spacial score (nSPS) is 10.3. The van der Waals surface area contributed by atoms with E-state index in [1.54, 1.807) is 18.2 Å². The molecule has 28 heavy (non-hydrogen) atoms. The number of carbonyl (C=O) groups is 2. The molecule has 0 atom stereocenters. The van der Waals surface area contributed by atoms with Crippen LogP contribution in [0.1, 0.15) is 27.0 Å². The predicted molar refractivity (Wildman–Crippen MR) is 111 cm³/mol. The number of anilines is 1. The van der Waals surface area contributed by atoms with Crippen molar-refractivity contribution in [3.8, 4) is 0 Å². The zero-order chi connectivity index (χ0) is 19.8. The highest BCUT2D eigenvalue weighted by Gasteiger charge is 2.11. The highest BCUT2D eigenvalue weighted by molar-refractivity contribution is 6.04. The molecule has 0 heterocycles. The van der Waals surface area contributed by atoms with Gasteiger partial charge < -0.3 is 16.4 Å². The Morgan fingerprint density at radius 1 is 0.786 bits per heavy atom. The maximum atomic E-state index is 12.4. The van der Waals surface area contributed by atoms with Crippen molar-refractivity contribution in [1.82, 2.24) is 5.32 Å². The second-order valence-electron chi connectivity index (χ2n) is 6.45. The summed E-state index contributed by atoms with van der Waals surface area (Å²) in [6, 6.07) is 24.1. The predicted octanol–water partition coefficient (Wildman–Crippen LogP) is 3.26. The summed E-state index contributed by atoms with van der Waals surface area (Å²) in [5.74, 6) is -0.308. The Balaban J connectivity index is 1.60. The first-order valence-electron chi connectivity index (χ1n) is 9.14. The van der Waals surface area contributed by atoms with E-state index in [0.29, 0.717) is 24.3 Å². The van der Waals surface area contributed by atoms with Crippen molar-refractivity contribution < 1.29 is 9.59 Å². The van der Waals surface area contributed by atoms with Crippen molar-refractivity contribution in [2.75, 3.05) is 5.32 Å². The number of carbonyl (C=O) groups excluding carboxylic acids is 2. The van der Waals surface area contributed by atoms with Crippen LogP contribution in [0.3, 0.4) is 0 Å². The fourth-order valence-corrected chi connectivity index (χ4v) is 2.81. The molecule has 0 aliphatic carbocycles. The lowest BCUT2D eigenvalue weighted by molar-refractivity contribution is -0.120. The molecule has 5 nitrogen and oxygen atoms in total. The van der Waals surface area contributed by atoms with Crippen LogP contribution in [-0.2, 0) is 24.3 Å². The summed E-state index contributed by atoms with van der Waals surface area (Å²) >= 11 is 0. The minimum absolute atomic E-state index is 0.107. The van der Waals surface area contributed by atoms with Gasteiger partial charge in [0, 0.05) is 24.3 Å². The third-order valence-electron chi connectivity index (χ3n) is 4.40. The van der Waals surface area contributed by atoms with Gasteiger partial charge in [0.1, 0.15) is 0 Å². The standard InChI is InChI=1S/C23H23N3O2/c24-15-17-10-12-18(13-11-17)16-25-22(27)14-20-8-4-5-9-21(20)26-23(28)19-6-2-1-3-7-19/h1-13H,14-16,24H2,(H,25,27)(H,26,28). The minimum Gasteiger partial charge on any atom is -0.352 e. The maximum absolute atomic E-state index is 12.4. The topological polar surface area (TPSA) is 84.2 Å². The molecule has 3 aromatic rings. The largest absolute Gasteiger partial charge is 0.352 e. The molecule has 0 spiro atoms. The second-order valence-corrected chi connectivity index (χ2v) is 6.45. The van der Waals surface area contributed by atoms with Crippen LogP contribution < -0.4 is 16.4 Å². The van der Waals surface area contributed by atoms with Gasteiger partial charge in [-0.2, -0.15) is 0 Å². The van der Waals surface area contributed by atoms with Crippen LogP contribution in [0.5, 0.6) is 0 Å². The Labute approximate surface area is 164 Å². The lowest BCUT2D eigenvalue weighted by atomic mass is 10.1. The van der Waals surface area contributed by atoms with Gasteiger partial charge in [0.05, 0.1) is 6.42 Å². The molecule has 3 aromatic carbocycles. The van der Waals surface area contributed by atoms with E-state index < -0.39 is 0 Å². The number of para-hydroxylation sites is 1. The van der Waals surface area contributed by atoms with E-state index in [9.17, 15) is 9.59 Å². The van der Waals surface area contributed by atoms with Crippen LogP contribution in [0.4, 0.5) is 5.69 Å². The minimum atomic E-state index is -0.201. The Bertz CT molecular complexity index is 938. The molecule has 0 aromatic heterocycles. The second kappa shape index (κ2) is 9.48. The molecular formula is C23H23N3O2. The molecule has 0 fully saturated rings. The fourth-order valence-electron chi connectivity index (χ4n) is 2.81. The van der Waals surface area contributed by atoms with Gasteiger partial charge in [-0.05, 0) is 34.9 Å². The van der Waals surface area contributed by atoms with Gasteiger partial charge in [0.25, 0.3) is 5.91 Å². The molecule has 0 aliphatic rings. The van der Waals surface area contributed by atoms with Gasteiger partial charge in [0.15, 0.2) is 0 Å². The van der Waals surface area contributed by atoms with E-state index in [0.717, 1.165) is 16.7 Å². The van der Waals surface area contributed by atoms with Crippen LogP contribution in [-0.4, -0.2) is 11.8 Å². The summed E-state index contributed by atoms with van der Waals surface area (Å²) in [7, 11) is 0. The number of rotatable bonds is 7. The average molecular weight is 373 g/mol. The number of nitrogens with one attached hydrogen (secondary N) is 2. The number of nitrogens with two attached hydrogens (primary N) is 1. The van der Waals surface area contributed by atoms with E-state index in [-0.39, 0.29) is 18.2 Å². The maximum Gasteiger partial charge on any atom is 0.255 e. The van der Waals surface area contributed by atoms with E-state index >= 15 is 0 Å². The van der Waals surface area contributed by atoms with Crippen LogP contribution in [0.2, 0.25) is 0 Å². The van der Waals surface area contributed by atoms with Crippen LogP contribution in [0.15, 0.2) is 78.9 Å². The zero-order valence-corrected chi connectivity index (χ0v) is 15.5. The van der Waals surface area contributed by atoms with Crippen LogP contribution in [0, 0.1) is 0 Å². The number of amides is 2. The summed E-state index contributed by atoms with van der Waals surface area (Å²) in [5.41, 5.74) is 9.63. The summed E-state index contributed by atoms with van der Waals surface area (Å²) in [6.45, 7) is 0.945. The van der Waals surface area contributed by atoms with E-state index in [4.69, 9.17) is 5.73 Å². The van der Waals surface area contributed by atoms with Gasteiger partial charge >= 0.3 is 0 Å². The van der Waals surface area contributed by atoms with Crippen LogP contribution in [0.25, 0.3) is 0 Å². The third-order valence-corrected chi connectivity index (χ3v) is 4.40. The number of benzene rings is 3. The summed E-state index contributed by atoms with van der Waals surface area (Å²) < 4.78 is 0. The summed E-state index contributed by atoms with van der Waals surface area (Å²) in [4.78, 5) is 24.8. The zero-order valence-electron chi connectivity index (χ0n) is 15.5. The molecule has 0 saturated carbocycles. The average Bonchev–Trinajstić information content (AvgIpc) is 2.74. The first-order valence-corrected chi connectivity index (χ1v) is 9.14. The molecule has 0 radical (unpaired) electrons. The summed E-state index contributed by atoms with van der Waals surface area (Å²) in [6.07, 6.45) is 0.187. The van der Waals surface area contributed by atoms with Crippen molar-refractivity contribution in [3.05, 3.63) is 101 Å². The van der Waals surface area contributed by atoms with Crippen molar-refractivity contribution in [3.63, 3.8) is 0 Å². The van der Waals surface area contributed by atoms with Gasteiger partial charge in [-0.3, -0.25) is 9.59 Å². The molecule has 142 valence electrons. The van der Waals surface area contributed by atoms with E-state index in [1.165, 1.54) is 0 Å². The van der Waals surface area contributed by atoms with Crippen molar-refractivity contribution in [1.29, 1.82) is 0 Å². The number of hydrogen-bond donors (Lipinski definition) is 3. The monoisotopic (exact) mass is 373 g/mol. The van der Waals surface area contributed by atoms with Crippen molar-refractivity contribution in [2.24, 2.45) is 5.73 Å². The molecule has 0 saturated heterocycles. The van der Waals surface area contributed by atoms with Gasteiger partial charge in [-0.15, -0.1) is 0 Å². The van der Waals surface area contributed by atoms with Crippen molar-refractivity contribution in [2.45, 2.75) is 19.5 Å². The lowest BCUT2D eigenvalue weighted by Crippen LogP contribution is -2.25. The fraction of sp³-hybridized carbons (Fsp3) is 0.130. The number of hydrogen-bond acceptors (Lipinski definition) is 3. The molecule has 0 aliphatic heterocycles. The molecule has 5 heteroatoms. The first kappa shape index (κ1) is 19.3. The van der Waals surface area contributed by atoms with Gasteiger partial charge in [-0.25, -0.2) is 0 Å². The first-order chi connectivity index (χ1) is 13.7. The molecule has 4 N–H and O–H groups in total.